The van der Waals surface area contributed by atoms with Crippen molar-refractivity contribution in [2.75, 3.05) is 37.6 Å². The lowest BCUT2D eigenvalue weighted by atomic mass is 10.1. The van der Waals surface area contributed by atoms with Gasteiger partial charge in [0.25, 0.3) is 5.89 Å². The third kappa shape index (κ3) is 3.26. The van der Waals surface area contributed by atoms with E-state index in [4.69, 9.17) is 4.42 Å². The Morgan fingerprint density at radius 3 is 2.35 bits per heavy atom. The summed E-state index contributed by atoms with van der Waals surface area (Å²) in [4.78, 5) is 4.85. The number of benzene rings is 1. The van der Waals surface area contributed by atoms with Crippen LogP contribution in [0.2, 0.25) is 0 Å². The molecule has 26 heavy (non-hydrogen) atoms. The molecule has 136 valence electrons. The number of aromatic nitrogens is 4. The SMILES string of the molecule is Cc1nnc(-c2nnc(N3CCN(CC(C)C)CC3)c3ccccc23)o1. The number of piperazine rings is 1. The Morgan fingerprint density at radius 1 is 0.962 bits per heavy atom. The number of rotatable bonds is 4. The van der Waals surface area contributed by atoms with Gasteiger partial charge in [-0.05, 0) is 5.92 Å². The molecule has 0 radical (unpaired) electrons. The number of aryl methyl sites for hydroxylation is 1. The van der Waals surface area contributed by atoms with Gasteiger partial charge in [0.15, 0.2) is 11.5 Å². The second kappa shape index (κ2) is 6.99. The predicted molar refractivity (Wildman–Crippen MR) is 101 cm³/mol. The van der Waals surface area contributed by atoms with E-state index in [0.29, 0.717) is 23.4 Å². The van der Waals surface area contributed by atoms with Crippen LogP contribution in [0.3, 0.4) is 0 Å². The fourth-order valence-corrected chi connectivity index (χ4v) is 3.53. The molecule has 0 atom stereocenters. The van der Waals surface area contributed by atoms with Crippen LogP contribution in [0.5, 0.6) is 0 Å². The minimum absolute atomic E-state index is 0.416. The van der Waals surface area contributed by atoms with Crippen molar-refractivity contribution in [1.29, 1.82) is 0 Å². The van der Waals surface area contributed by atoms with Crippen molar-refractivity contribution in [3.63, 3.8) is 0 Å². The first-order valence-corrected chi connectivity index (χ1v) is 9.15. The highest BCUT2D eigenvalue weighted by Crippen LogP contribution is 2.31. The maximum Gasteiger partial charge on any atom is 0.268 e. The molecule has 7 nitrogen and oxygen atoms in total. The van der Waals surface area contributed by atoms with E-state index in [2.05, 4.69) is 50.1 Å². The highest BCUT2D eigenvalue weighted by atomic mass is 16.4. The van der Waals surface area contributed by atoms with Crippen LogP contribution in [0.15, 0.2) is 28.7 Å². The standard InChI is InChI=1S/C19H24N6O/c1-13(2)12-24-8-10-25(11-9-24)18-16-7-5-4-6-15(16)17(21-22-18)19-23-20-14(3)26-19/h4-7,13H,8-12H2,1-3H3. The topological polar surface area (TPSA) is 71.2 Å². The van der Waals surface area contributed by atoms with Crippen LogP contribution in [-0.2, 0) is 0 Å². The van der Waals surface area contributed by atoms with Gasteiger partial charge in [0.1, 0.15) is 0 Å². The first kappa shape index (κ1) is 16.9. The van der Waals surface area contributed by atoms with E-state index in [9.17, 15) is 0 Å². The summed E-state index contributed by atoms with van der Waals surface area (Å²) < 4.78 is 5.57. The van der Waals surface area contributed by atoms with Crippen LogP contribution in [-0.4, -0.2) is 58.0 Å². The molecule has 0 spiro atoms. The molecule has 7 heteroatoms. The first-order chi connectivity index (χ1) is 12.6. The van der Waals surface area contributed by atoms with Gasteiger partial charge in [0, 0.05) is 50.4 Å². The number of hydrogen-bond acceptors (Lipinski definition) is 7. The fraction of sp³-hybridized carbons (Fsp3) is 0.474. The Hall–Kier alpha value is -2.54. The van der Waals surface area contributed by atoms with Gasteiger partial charge in [-0.2, -0.15) is 0 Å². The zero-order chi connectivity index (χ0) is 18.1. The van der Waals surface area contributed by atoms with Gasteiger partial charge in [-0.1, -0.05) is 38.1 Å². The summed E-state index contributed by atoms with van der Waals surface area (Å²) in [6.07, 6.45) is 0. The van der Waals surface area contributed by atoms with Crippen molar-refractivity contribution >= 4 is 16.6 Å². The number of nitrogens with zero attached hydrogens (tertiary/aromatic N) is 6. The molecule has 0 amide bonds. The zero-order valence-electron chi connectivity index (χ0n) is 15.5. The van der Waals surface area contributed by atoms with Crippen LogP contribution in [0.4, 0.5) is 5.82 Å². The monoisotopic (exact) mass is 352 g/mol. The summed E-state index contributed by atoms with van der Waals surface area (Å²) in [5, 5.41) is 19.0. The third-order valence-corrected chi connectivity index (χ3v) is 4.69. The molecular formula is C19H24N6O. The van der Waals surface area contributed by atoms with E-state index in [1.165, 1.54) is 0 Å². The van der Waals surface area contributed by atoms with Crippen molar-refractivity contribution in [2.45, 2.75) is 20.8 Å². The molecule has 3 heterocycles. The lowest BCUT2D eigenvalue weighted by Gasteiger charge is -2.36. The number of fused-ring (bicyclic) bond motifs is 1. The number of anilines is 1. The van der Waals surface area contributed by atoms with Crippen molar-refractivity contribution in [3.05, 3.63) is 30.2 Å². The summed E-state index contributed by atoms with van der Waals surface area (Å²) >= 11 is 0. The summed E-state index contributed by atoms with van der Waals surface area (Å²) in [6.45, 7) is 11.5. The first-order valence-electron chi connectivity index (χ1n) is 9.15. The number of hydrogen-bond donors (Lipinski definition) is 0. The van der Waals surface area contributed by atoms with Gasteiger partial charge in [-0.3, -0.25) is 4.90 Å². The Morgan fingerprint density at radius 2 is 1.69 bits per heavy atom. The van der Waals surface area contributed by atoms with E-state index < -0.39 is 0 Å². The zero-order valence-corrected chi connectivity index (χ0v) is 15.5. The van der Waals surface area contributed by atoms with Gasteiger partial charge in [0.2, 0.25) is 5.89 Å². The molecule has 1 aliphatic heterocycles. The quantitative estimate of drug-likeness (QED) is 0.715. The average Bonchev–Trinajstić information content (AvgIpc) is 3.07. The van der Waals surface area contributed by atoms with Crippen LogP contribution in [0.1, 0.15) is 19.7 Å². The van der Waals surface area contributed by atoms with Gasteiger partial charge in [0.05, 0.1) is 0 Å². The summed E-state index contributed by atoms with van der Waals surface area (Å²) in [5.41, 5.74) is 0.642. The van der Waals surface area contributed by atoms with E-state index in [1.54, 1.807) is 6.92 Å². The summed E-state index contributed by atoms with van der Waals surface area (Å²) in [6, 6.07) is 8.16. The van der Waals surface area contributed by atoms with Crippen molar-refractivity contribution < 1.29 is 4.42 Å². The molecule has 2 aromatic heterocycles. The Bertz CT molecular complexity index is 898. The van der Waals surface area contributed by atoms with Crippen LogP contribution < -0.4 is 4.90 Å². The fourth-order valence-electron chi connectivity index (χ4n) is 3.53. The molecule has 1 aliphatic rings. The molecular weight excluding hydrogens is 328 g/mol. The molecule has 1 aromatic carbocycles. The van der Waals surface area contributed by atoms with Gasteiger partial charge in [-0.15, -0.1) is 20.4 Å². The maximum atomic E-state index is 5.57. The molecule has 4 rings (SSSR count). The molecule has 0 aliphatic carbocycles. The third-order valence-electron chi connectivity index (χ3n) is 4.69. The highest BCUT2D eigenvalue weighted by molar-refractivity contribution is 5.99. The molecule has 1 fully saturated rings. The molecule has 0 N–H and O–H groups in total. The van der Waals surface area contributed by atoms with Gasteiger partial charge in [-0.25, -0.2) is 0 Å². The second-order valence-corrected chi connectivity index (χ2v) is 7.23. The van der Waals surface area contributed by atoms with Crippen molar-refractivity contribution in [1.82, 2.24) is 25.3 Å². The van der Waals surface area contributed by atoms with Crippen molar-refractivity contribution in [3.8, 4) is 11.6 Å². The predicted octanol–water partition coefficient (Wildman–Crippen LogP) is 2.77. The molecule has 0 saturated carbocycles. The lowest BCUT2D eigenvalue weighted by molar-refractivity contribution is 0.231. The Kier molecular flexibility index (Phi) is 4.55. The van der Waals surface area contributed by atoms with Crippen molar-refractivity contribution in [2.24, 2.45) is 5.92 Å². The summed E-state index contributed by atoms with van der Waals surface area (Å²) in [5.74, 6) is 2.57. The maximum absolute atomic E-state index is 5.57. The van der Waals surface area contributed by atoms with E-state index >= 15 is 0 Å². The van der Waals surface area contributed by atoms with Crippen LogP contribution in [0, 0.1) is 12.8 Å². The van der Waals surface area contributed by atoms with E-state index in [1.807, 2.05) is 18.2 Å². The summed E-state index contributed by atoms with van der Waals surface area (Å²) in [7, 11) is 0. The highest BCUT2D eigenvalue weighted by Gasteiger charge is 2.22. The Balaban J connectivity index is 1.65. The van der Waals surface area contributed by atoms with E-state index in [0.717, 1.165) is 49.3 Å². The molecule has 3 aromatic rings. The Labute approximate surface area is 153 Å². The molecule has 1 saturated heterocycles. The minimum Gasteiger partial charge on any atom is -0.420 e. The minimum atomic E-state index is 0.416. The van der Waals surface area contributed by atoms with Crippen LogP contribution in [0.25, 0.3) is 22.4 Å². The molecule has 0 unspecified atom stereocenters. The average molecular weight is 352 g/mol. The van der Waals surface area contributed by atoms with Gasteiger partial charge < -0.3 is 9.32 Å². The van der Waals surface area contributed by atoms with E-state index in [-0.39, 0.29) is 0 Å². The largest absolute Gasteiger partial charge is 0.420 e. The normalized spacial score (nSPS) is 15.9. The second-order valence-electron chi connectivity index (χ2n) is 7.23. The van der Waals surface area contributed by atoms with Crippen LogP contribution >= 0.6 is 0 Å². The smallest absolute Gasteiger partial charge is 0.268 e. The van der Waals surface area contributed by atoms with Gasteiger partial charge >= 0.3 is 0 Å². The lowest BCUT2D eigenvalue weighted by Crippen LogP contribution is -2.47. The molecule has 0 bridgehead atoms.